The van der Waals surface area contributed by atoms with E-state index in [-0.39, 0.29) is 34.1 Å². The van der Waals surface area contributed by atoms with Gasteiger partial charge in [-0.25, -0.2) is 0 Å². The Bertz CT molecular complexity index is 891. The number of fused-ring (bicyclic) bond motifs is 5. The summed E-state index contributed by atoms with van der Waals surface area (Å²) in [4.78, 5) is 1.76. The lowest BCUT2D eigenvalue weighted by molar-refractivity contribution is 0.234. The fourth-order valence-corrected chi connectivity index (χ4v) is 11.5. The summed E-state index contributed by atoms with van der Waals surface area (Å²) < 4.78 is 0. The van der Waals surface area contributed by atoms with Crippen molar-refractivity contribution in [2.75, 3.05) is 0 Å². The number of nitrogens with zero attached hydrogens (tertiary/aromatic N) is 4. The van der Waals surface area contributed by atoms with Crippen LogP contribution in [0.15, 0.2) is 23.9 Å². The molecule has 4 rings (SSSR count). The second-order valence-electron chi connectivity index (χ2n) is 8.72. The number of hydrogen-bond acceptors (Lipinski definition) is 4. The molecule has 2 bridgehead atoms. The molecular formula is C19H21N5Si. The fraction of sp³-hybridized carbons (Fsp3) is 0.579. The van der Waals surface area contributed by atoms with Gasteiger partial charge in [0.25, 0.3) is 0 Å². The number of piperidine rings is 1. The van der Waals surface area contributed by atoms with Gasteiger partial charge in [0.05, 0.1) is 25.8 Å². The van der Waals surface area contributed by atoms with Crippen molar-refractivity contribution in [3.05, 3.63) is 23.9 Å². The minimum absolute atomic E-state index is 0.0328. The molecule has 126 valence electrons. The van der Waals surface area contributed by atoms with Gasteiger partial charge >= 0.3 is 0 Å². The molecule has 5 atom stereocenters. The monoisotopic (exact) mass is 347 g/mol. The van der Waals surface area contributed by atoms with Gasteiger partial charge < -0.3 is 4.90 Å². The highest BCUT2D eigenvalue weighted by Gasteiger charge is 2.93. The third kappa shape index (κ3) is 1.16. The zero-order valence-corrected chi connectivity index (χ0v) is 15.8. The zero-order chi connectivity index (χ0) is 18.4. The van der Waals surface area contributed by atoms with Gasteiger partial charge in [0, 0.05) is 16.5 Å². The smallest absolute Gasteiger partial charge is 0.161 e. The second-order valence-corrected chi connectivity index (χ2v) is 14.0. The van der Waals surface area contributed by atoms with Crippen LogP contribution < -0.4 is 0 Å². The maximum atomic E-state index is 10.3. The first-order valence-corrected chi connectivity index (χ1v) is 12.3. The van der Waals surface area contributed by atoms with Crippen molar-refractivity contribution in [2.24, 2.45) is 16.7 Å². The average Bonchev–Trinajstić information content (AvgIpc) is 3.17. The molecule has 25 heavy (non-hydrogen) atoms. The molecule has 1 unspecified atom stereocenters. The molecule has 3 fully saturated rings. The molecule has 0 aromatic carbocycles. The van der Waals surface area contributed by atoms with Gasteiger partial charge in [-0.2, -0.15) is 15.8 Å². The number of rotatable bonds is 2. The van der Waals surface area contributed by atoms with Crippen LogP contribution in [-0.2, 0) is 0 Å². The number of nitrogens with one attached hydrogen (secondary N) is 1. The minimum atomic E-state index is -1.82. The van der Waals surface area contributed by atoms with Gasteiger partial charge in [-0.3, -0.25) is 5.41 Å². The molecule has 0 spiro atoms. The van der Waals surface area contributed by atoms with E-state index < -0.39 is 18.9 Å². The third-order valence-corrected chi connectivity index (χ3v) is 11.1. The van der Waals surface area contributed by atoms with Gasteiger partial charge in [-0.05, 0) is 18.8 Å². The van der Waals surface area contributed by atoms with Crippen LogP contribution in [0.3, 0.4) is 0 Å². The first-order chi connectivity index (χ1) is 11.8. The van der Waals surface area contributed by atoms with Gasteiger partial charge in [0.15, 0.2) is 5.41 Å². The highest BCUT2D eigenvalue weighted by Crippen LogP contribution is 2.93. The summed E-state index contributed by atoms with van der Waals surface area (Å²) in [6.07, 6.45) is 4.84. The Morgan fingerprint density at radius 1 is 1.24 bits per heavy atom. The number of allylic oxidation sites excluding steroid dienone is 2. The van der Waals surface area contributed by atoms with Gasteiger partial charge in [0.2, 0.25) is 0 Å². The van der Waals surface area contributed by atoms with Crippen LogP contribution in [0.2, 0.25) is 24.7 Å². The summed E-state index contributed by atoms with van der Waals surface area (Å²) in [5.74, 6) is 0.405. The van der Waals surface area contributed by atoms with E-state index in [1.165, 1.54) is 0 Å². The lowest BCUT2D eigenvalue weighted by Crippen LogP contribution is -2.59. The standard InChI is InChI=1S/C19H21N5Si/c1-5-18-14-7-6-8-15(19(14,18)25(2,3)4)24-13(10-21)12(9-20)17(18,11-22)16(24)23/h5,14-15,23H,1,6-8H2,2-4H3/t14-,15?,17-,18-,19-/m1/s1. The van der Waals surface area contributed by atoms with Crippen molar-refractivity contribution in [1.82, 2.24) is 4.90 Å². The fourth-order valence-electron chi connectivity index (χ4n) is 7.19. The van der Waals surface area contributed by atoms with E-state index in [9.17, 15) is 15.8 Å². The Labute approximate surface area is 149 Å². The first kappa shape index (κ1) is 16.1. The molecule has 1 saturated heterocycles. The molecular weight excluding hydrogens is 326 g/mol. The van der Waals surface area contributed by atoms with Crippen molar-refractivity contribution in [2.45, 2.75) is 50.0 Å². The largest absolute Gasteiger partial charge is 0.316 e. The minimum Gasteiger partial charge on any atom is -0.316 e. The van der Waals surface area contributed by atoms with Crippen LogP contribution in [0.5, 0.6) is 0 Å². The van der Waals surface area contributed by atoms with Crippen LogP contribution >= 0.6 is 0 Å². The van der Waals surface area contributed by atoms with Crippen LogP contribution in [0.4, 0.5) is 0 Å². The SMILES string of the molecule is C=C[C@@]12[C@H]3CCCC(N4C(=N)[C@@]1(C#N)C(C#N)=C4C#N)[C@]32[Si](C)(C)C. The lowest BCUT2D eigenvalue weighted by Gasteiger charge is -2.52. The molecule has 2 aliphatic heterocycles. The quantitative estimate of drug-likeness (QED) is 0.610. The number of hydrogen-bond donors (Lipinski definition) is 1. The van der Waals surface area contributed by atoms with Crippen LogP contribution in [0.25, 0.3) is 0 Å². The lowest BCUT2D eigenvalue weighted by atomic mass is 9.65. The molecule has 0 aromatic rings. The van der Waals surface area contributed by atoms with Gasteiger partial charge in [0.1, 0.15) is 17.6 Å². The molecule has 6 heteroatoms. The molecule has 2 aliphatic carbocycles. The Hall–Kier alpha value is -2.36. The van der Waals surface area contributed by atoms with Gasteiger partial charge in [-0.1, -0.05) is 32.1 Å². The van der Waals surface area contributed by atoms with Crippen molar-refractivity contribution >= 4 is 13.9 Å². The summed E-state index contributed by atoms with van der Waals surface area (Å²) in [6.45, 7) is 11.1. The van der Waals surface area contributed by atoms with E-state index in [2.05, 4.69) is 44.4 Å². The predicted octanol–water partition coefficient (Wildman–Crippen LogP) is 3.54. The molecule has 1 N–H and O–H groups in total. The molecule has 4 aliphatic rings. The van der Waals surface area contributed by atoms with Crippen molar-refractivity contribution in [1.29, 1.82) is 21.2 Å². The van der Waals surface area contributed by atoms with E-state index in [0.717, 1.165) is 19.3 Å². The Balaban J connectivity index is 2.17. The third-order valence-electron chi connectivity index (χ3n) is 7.53. The van der Waals surface area contributed by atoms with Crippen molar-refractivity contribution in [3.8, 4) is 18.2 Å². The van der Waals surface area contributed by atoms with Crippen LogP contribution in [0.1, 0.15) is 19.3 Å². The summed E-state index contributed by atoms with van der Waals surface area (Å²) in [6, 6.07) is 6.71. The molecule has 5 nitrogen and oxygen atoms in total. The maximum absolute atomic E-state index is 10.3. The van der Waals surface area contributed by atoms with Crippen LogP contribution in [0, 0.1) is 56.2 Å². The summed E-state index contributed by atoms with van der Waals surface area (Å²) in [7, 11) is -1.82. The predicted molar refractivity (Wildman–Crippen MR) is 95.7 cm³/mol. The molecule has 0 amide bonds. The molecule has 2 heterocycles. The average molecular weight is 347 g/mol. The van der Waals surface area contributed by atoms with E-state index in [0.29, 0.717) is 0 Å². The van der Waals surface area contributed by atoms with Crippen molar-refractivity contribution in [3.63, 3.8) is 0 Å². The highest BCUT2D eigenvalue weighted by molar-refractivity contribution is 6.81. The molecule has 0 aromatic heterocycles. The summed E-state index contributed by atoms with van der Waals surface area (Å²) in [5, 5.41) is 38.7. The maximum Gasteiger partial charge on any atom is 0.161 e. The Morgan fingerprint density at radius 2 is 1.92 bits per heavy atom. The first-order valence-electron chi connectivity index (χ1n) is 8.76. The second kappa shape index (κ2) is 4.24. The highest BCUT2D eigenvalue weighted by atomic mass is 28.3. The summed E-state index contributed by atoms with van der Waals surface area (Å²) in [5.41, 5.74) is -1.53. The number of nitriles is 3. The molecule has 2 saturated carbocycles. The van der Waals surface area contributed by atoms with Crippen LogP contribution in [-0.4, -0.2) is 24.9 Å². The topological polar surface area (TPSA) is 98.5 Å². The van der Waals surface area contributed by atoms with E-state index in [1.807, 2.05) is 6.08 Å². The Morgan fingerprint density at radius 3 is 2.40 bits per heavy atom. The zero-order valence-electron chi connectivity index (χ0n) is 14.8. The van der Waals surface area contributed by atoms with E-state index >= 15 is 0 Å². The molecule has 0 radical (unpaired) electrons. The normalized spacial score (nSPS) is 43.7. The Kier molecular flexibility index (Phi) is 2.73. The van der Waals surface area contributed by atoms with E-state index in [1.54, 1.807) is 4.90 Å². The van der Waals surface area contributed by atoms with E-state index in [4.69, 9.17) is 5.41 Å². The van der Waals surface area contributed by atoms with Crippen molar-refractivity contribution < 1.29 is 0 Å². The van der Waals surface area contributed by atoms with Gasteiger partial charge in [-0.15, -0.1) is 6.58 Å². The summed E-state index contributed by atoms with van der Waals surface area (Å²) >= 11 is 0. The number of amidine groups is 1.